The number of aliphatic hydroxyl groups is 1. The molecule has 2 aliphatic rings. The number of rotatable bonds is 6. The zero-order chi connectivity index (χ0) is 14.7. The van der Waals surface area contributed by atoms with Crippen LogP contribution in [0.15, 0.2) is 10.6 Å². The van der Waals surface area contributed by atoms with Gasteiger partial charge in [0.1, 0.15) is 0 Å². The lowest BCUT2D eigenvalue weighted by Crippen LogP contribution is -2.60. The maximum atomic E-state index is 9.01. The van der Waals surface area contributed by atoms with E-state index in [1.54, 1.807) is 0 Å². The third-order valence-corrected chi connectivity index (χ3v) is 4.99. The van der Waals surface area contributed by atoms with Crippen molar-refractivity contribution in [3.05, 3.63) is 17.5 Å². The molecule has 0 aliphatic carbocycles. The molecular weight excluding hydrogens is 266 g/mol. The summed E-state index contributed by atoms with van der Waals surface area (Å²) in [6, 6.07) is 2.79. The highest BCUT2D eigenvalue weighted by Crippen LogP contribution is 2.25. The van der Waals surface area contributed by atoms with Gasteiger partial charge >= 0.3 is 0 Å². The molecule has 1 N–H and O–H groups in total. The molecule has 0 spiro atoms. The lowest BCUT2D eigenvalue weighted by atomic mass is 9.92. The van der Waals surface area contributed by atoms with Crippen molar-refractivity contribution in [3.8, 4) is 0 Å². The molecule has 0 bridgehead atoms. The van der Waals surface area contributed by atoms with E-state index in [2.05, 4.69) is 27.9 Å². The van der Waals surface area contributed by atoms with Crippen LogP contribution in [0.5, 0.6) is 0 Å². The highest BCUT2D eigenvalue weighted by molar-refractivity contribution is 5.06. The van der Waals surface area contributed by atoms with Gasteiger partial charge in [-0.2, -0.15) is 0 Å². The molecule has 0 saturated carbocycles. The van der Waals surface area contributed by atoms with Crippen LogP contribution in [-0.4, -0.2) is 58.9 Å². The second-order valence-electron chi connectivity index (χ2n) is 6.48. The van der Waals surface area contributed by atoms with Gasteiger partial charge in [-0.25, -0.2) is 0 Å². The van der Waals surface area contributed by atoms with Crippen LogP contribution in [0.4, 0.5) is 0 Å². The maximum Gasteiger partial charge on any atom is 0.150 e. The molecular formula is C16H27N3O2. The third kappa shape index (κ3) is 3.65. The summed E-state index contributed by atoms with van der Waals surface area (Å²) in [6.07, 6.45) is 4.42. The van der Waals surface area contributed by atoms with Crippen molar-refractivity contribution in [1.82, 2.24) is 15.0 Å². The third-order valence-electron chi connectivity index (χ3n) is 4.99. The number of hydrogen-bond donors (Lipinski definition) is 1. The fourth-order valence-electron chi connectivity index (χ4n) is 3.51. The summed E-state index contributed by atoms with van der Waals surface area (Å²) in [6.45, 7) is 8.03. The van der Waals surface area contributed by atoms with Crippen LogP contribution >= 0.6 is 0 Å². The minimum atomic E-state index is 0.346. The van der Waals surface area contributed by atoms with Crippen molar-refractivity contribution in [2.75, 3.05) is 32.8 Å². The highest BCUT2D eigenvalue weighted by Gasteiger charge is 2.34. The largest absolute Gasteiger partial charge is 0.396 e. The van der Waals surface area contributed by atoms with Crippen LogP contribution < -0.4 is 0 Å². The number of piperidine rings is 1. The molecule has 0 atom stereocenters. The Bertz CT molecular complexity index is 434. The Balaban J connectivity index is 1.38. The SMILES string of the molecule is CCc1cc(CN2CC(N3CCC(CCO)CC3)C2)on1. The second-order valence-corrected chi connectivity index (χ2v) is 6.48. The molecule has 5 heteroatoms. The smallest absolute Gasteiger partial charge is 0.150 e. The molecule has 1 aromatic heterocycles. The number of aryl methyl sites for hydroxylation is 1. The first-order chi connectivity index (χ1) is 10.3. The van der Waals surface area contributed by atoms with E-state index < -0.39 is 0 Å². The van der Waals surface area contributed by atoms with Gasteiger partial charge in [0.25, 0.3) is 0 Å². The average Bonchev–Trinajstić information content (AvgIpc) is 2.92. The van der Waals surface area contributed by atoms with Crippen LogP contribution in [0.25, 0.3) is 0 Å². The highest BCUT2D eigenvalue weighted by atomic mass is 16.5. The summed E-state index contributed by atoms with van der Waals surface area (Å²) in [4.78, 5) is 5.06. The minimum absolute atomic E-state index is 0.346. The van der Waals surface area contributed by atoms with Gasteiger partial charge in [-0.3, -0.25) is 9.80 Å². The van der Waals surface area contributed by atoms with E-state index >= 15 is 0 Å². The van der Waals surface area contributed by atoms with E-state index in [9.17, 15) is 0 Å². The Kier molecular flexibility index (Phi) is 4.93. The van der Waals surface area contributed by atoms with Crippen LogP contribution in [0, 0.1) is 5.92 Å². The Hall–Kier alpha value is -0.910. The average molecular weight is 293 g/mol. The number of nitrogens with zero attached hydrogens (tertiary/aromatic N) is 3. The molecule has 2 saturated heterocycles. The molecule has 3 rings (SSSR count). The first-order valence-electron chi connectivity index (χ1n) is 8.30. The number of hydrogen-bond acceptors (Lipinski definition) is 5. The summed E-state index contributed by atoms with van der Waals surface area (Å²) >= 11 is 0. The molecule has 21 heavy (non-hydrogen) atoms. The Morgan fingerprint density at radius 2 is 2.10 bits per heavy atom. The van der Waals surface area contributed by atoms with Crippen LogP contribution in [0.1, 0.15) is 37.6 Å². The van der Waals surface area contributed by atoms with Crippen LogP contribution in [0.2, 0.25) is 0 Å². The molecule has 3 heterocycles. The Morgan fingerprint density at radius 3 is 2.71 bits per heavy atom. The predicted octanol–water partition coefficient (Wildman–Crippen LogP) is 1.52. The van der Waals surface area contributed by atoms with Gasteiger partial charge < -0.3 is 9.63 Å². The number of likely N-dealkylation sites (tertiary alicyclic amines) is 2. The lowest BCUT2D eigenvalue weighted by molar-refractivity contribution is 0.00415. The maximum absolute atomic E-state index is 9.01. The first-order valence-corrected chi connectivity index (χ1v) is 8.30. The molecule has 2 aliphatic heterocycles. The second kappa shape index (κ2) is 6.90. The van der Waals surface area contributed by atoms with Crippen molar-refractivity contribution in [2.45, 2.75) is 45.2 Å². The van der Waals surface area contributed by atoms with E-state index in [-0.39, 0.29) is 0 Å². The lowest BCUT2D eigenvalue weighted by Gasteiger charge is -2.47. The van der Waals surface area contributed by atoms with E-state index in [0.717, 1.165) is 49.8 Å². The topological polar surface area (TPSA) is 52.7 Å². The predicted molar refractivity (Wildman–Crippen MR) is 80.9 cm³/mol. The van der Waals surface area contributed by atoms with Crippen molar-refractivity contribution in [1.29, 1.82) is 0 Å². The van der Waals surface area contributed by atoms with E-state index in [4.69, 9.17) is 9.63 Å². The Labute approximate surface area is 126 Å². The molecule has 2 fully saturated rings. The number of aromatic nitrogens is 1. The van der Waals surface area contributed by atoms with Gasteiger partial charge in [-0.15, -0.1) is 0 Å². The summed E-state index contributed by atoms with van der Waals surface area (Å²) in [5, 5.41) is 13.1. The quantitative estimate of drug-likeness (QED) is 0.862. The fourth-order valence-corrected chi connectivity index (χ4v) is 3.51. The van der Waals surface area contributed by atoms with E-state index in [1.807, 2.05) is 0 Å². The fraction of sp³-hybridized carbons (Fsp3) is 0.812. The standard InChI is InChI=1S/C16H27N3O2/c1-2-14-9-16(21-17-14)12-18-10-15(11-18)19-6-3-13(4-7-19)5-8-20/h9,13,15,20H,2-8,10-12H2,1H3. The molecule has 5 nitrogen and oxygen atoms in total. The molecule has 0 amide bonds. The van der Waals surface area contributed by atoms with Crippen LogP contribution in [-0.2, 0) is 13.0 Å². The van der Waals surface area contributed by atoms with Crippen LogP contribution in [0.3, 0.4) is 0 Å². The summed E-state index contributed by atoms with van der Waals surface area (Å²) in [5.41, 5.74) is 1.05. The van der Waals surface area contributed by atoms with Gasteiger partial charge in [-0.05, 0) is 44.7 Å². The van der Waals surface area contributed by atoms with Gasteiger partial charge in [0.05, 0.1) is 12.2 Å². The van der Waals surface area contributed by atoms with Gasteiger partial charge in [0, 0.05) is 31.8 Å². The van der Waals surface area contributed by atoms with Crippen molar-refractivity contribution < 1.29 is 9.63 Å². The molecule has 0 radical (unpaired) electrons. The van der Waals surface area contributed by atoms with Crippen molar-refractivity contribution in [2.24, 2.45) is 5.92 Å². The summed E-state index contributed by atoms with van der Waals surface area (Å²) in [7, 11) is 0. The molecule has 118 valence electrons. The number of aliphatic hydroxyl groups excluding tert-OH is 1. The monoisotopic (exact) mass is 293 g/mol. The zero-order valence-electron chi connectivity index (χ0n) is 13.0. The first kappa shape index (κ1) is 15.0. The van der Waals surface area contributed by atoms with Crippen molar-refractivity contribution >= 4 is 0 Å². The van der Waals surface area contributed by atoms with Gasteiger partial charge in [-0.1, -0.05) is 12.1 Å². The Morgan fingerprint density at radius 1 is 1.33 bits per heavy atom. The summed E-state index contributed by atoms with van der Waals surface area (Å²) in [5.74, 6) is 1.73. The van der Waals surface area contributed by atoms with Gasteiger partial charge in [0.15, 0.2) is 5.76 Å². The zero-order valence-corrected chi connectivity index (χ0v) is 13.0. The van der Waals surface area contributed by atoms with E-state index in [1.165, 1.54) is 25.9 Å². The minimum Gasteiger partial charge on any atom is -0.396 e. The normalized spacial score (nSPS) is 22.6. The molecule has 1 aromatic rings. The summed E-state index contributed by atoms with van der Waals surface area (Å²) < 4.78 is 5.35. The van der Waals surface area contributed by atoms with Gasteiger partial charge in [0.2, 0.25) is 0 Å². The van der Waals surface area contributed by atoms with Crippen molar-refractivity contribution in [3.63, 3.8) is 0 Å². The molecule has 0 aromatic carbocycles. The molecule has 0 unspecified atom stereocenters. The van der Waals surface area contributed by atoms with E-state index in [0.29, 0.717) is 12.6 Å².